The Balaban J connectivity index is 1.78. The van der Waals surface area contributed by atoms with E-state index >= 15 is 0 Å². The average Bonchev–Trinajstić information content (AvgIpc) is 2.91. The molecule has 2 N–H and O–H groups in total. The number of ether oxygens (including phenoxy) is 1. The third-order valence-corrected chi connectivity index (χ3v) is 4.13. The number of aromatic amines is 1. The van der Waals surface area contributed by atoms with Crippen LogP contribution in [0.1, 0.15) is 24.8 Å². The monoisotopic (exact) mass is 288 g/mol. The number of nitrogens with one attached hydrogen (secondary N) is 1. The van der Waals surface area contributed by atoms with Gasteiger partial charge in [0.1, 0.15) is 0 Å². The van der Waals surface area contributed by atoms with E-state index in [2.05, 4.69) is 11.1 Å². The van der Waals surface area contributed by atoms with Crippen molar-refractivity contribution in [3.05, 3.63) is 36.0 Å². The number of benzene rings is 1. The molecule has 112 valence electrons. The lowest BCUT2D eigenvalue weighted by Crippen LogP contribution is -2.45. The topological polar surface area (TPSA) is 65.6 Å². The normalized spacial score (nSPS) is 22.5. The second-order valence-corrected chi connectivity index (χ2v) is 5.40. The number of aliphatic hydroxyl groups is 1. The molecule has 0 spiro atoms. The van der Waals surface area contributed by atoms with Crippen LogP contribution in [0.25, 0.3) is 10.9 Å². The van der Waals surface area contributed by atoms with E-state index in [4.69, 9.17) is 4.74 Å². The van der Waals surface area contributed by atoms with Crippen LogP contribution in [0.2, 0.25) is 0 Å². The minimum absolute atomic E-state index is 0.0480. The number of β-amino-alcohol motifs (C(OH)–C–C–N with tert-alkyl or cyclic N) is 1. The van der Waals surface area contributed by atoms with Crippen LogP contribution in [0, 0.1) is 0 Å². The van der Waals surface area contributed by atoms with Crippen molar-refractivity contribution in [1.29, 1.82) is 0 Å². The highest BCUT2D eigenvalue weighted by Crippen LogP contribution is 2.33. The highest BCUT2D eigenvalue weighted by Gasteiger charge is 2.32. The van der Waals surface area contributed by atoms with Crippen molar-refractivity contribution in [2.24, 2.45) is 0 Å². The number of rotatable bonds is 2. The summed E-state index contributed by atoms with van der Waals surface area (Å²) in [7, 11) is 0. The Morgan fingerprint density at radius 1 is 1.48 bits per heavy atom. The van der Waals surface area contributed by atoms with Crippen LogP contribution in [0.5, 0.6) is 0 Å². The Morgan fingerprint density at radius 3 is 3.05 bits per heavy atom. The molecule has 0 bridgehead atoms. The lowest BCUT2D eigenvalue weighted by molar-refractivity contribution is 0.0388. The number of H-pyrrole nitrogens is 1. The number of nitrogens with zero attached hydrogens (tertiary/aromatic N) is 1. The fourth-order valence-electron chi connectivity index (χ4n) is 3.08. The number of amides is 1. The second-order valence-electron chi connectivity index (χ2n) is 5.40. The summed E-state index contributed by atoms with van der Waals surface area (Å²) in [5, 5.41) is 11.6. The van der Waals surface area contributed by atoms with Gasteiger partial charge in [0.05, 0.1) is 19.3 Å². The van der Waals surface area contributed by atoms with Gasteiger partial charge < -0.3 is 19.7 Å². The molecule has 2 atom stereocenters. The van der Waals surface area contributed by atoms with Crippen LogP contribution in [0.4, 0.5) is 4.79 Å². The Kier molecular flexibility index (Phi) is 3.84. The number of piperidine rings is 1. The molecule has 2 heterocycles. The summed E-state index contributed by atoms with van der Waals surface area (Å²) >= 11 is 0. The molecular weight excluding hydrogens is 268 g/mol. The number of carbonyl (C=O) groups excluding carboxylic acids is 1. The molecule has 0 radical (unpaired) electrons. The van der Waals surface area contributed by atoms with Gasteiger partial charge in [0.15, 0.2) is 0 Å². The molecule has 1 aromatic carbocycles. The van der Waals surface area contributed by atoms with Crippen molar-refractivity contribution in [2.75, 3.05) is 19.7 Å². The number of fused-ring (bicyclic) bond motifs is 1. The fraction of sp³-hybridized carbons (Fsp3) is 0.438. The summed E-state index contributed by atoms with van der Waals surface area (Å²) in [4.78, 5) is 16.6. The Bertz CT molecular complexity index is 637. The summed E-state index contributed by atoms with van der Waals surface area (Å²) in [6.07, 6.45) is 1.80. The van der Waals surface area contributed by atoms with E-state index in [-0.39, 0.29) is 12.0 Å². The maximum atomic E-state index is 11.7. The van der Waals surface area contributed by atoms with E-state index in [1.807, 2.05) is 24.4 Å². The van der Waals surface area contributed by atoms with E-state index in [9.17, 15) is 9.90 Å². The number of para-hydroxylation sites is 1. The van der Waals surface area contributed by atoms with Crippen molar-refractivity contribution < 1.29 is 14.6 Å². The first-order chi connectivity index (χ1) is 10.2. The van der Waals surface area contributed by atoms with Gasteiger partial charge in [-0.3, -0.25) is 0 Å². The number of hydrogen-bond donors (Lipinski definition) is 2. The molecule has 0 saturated carbocycles. The van der Waals surface area contributed by atoms with E-state index in [0.29, 0.717) is 19.7 Å². The number of aromatic nitrogens is 1. The molecule has 5 heteroatoms. The van der Waals surface area contributed by atoms with Gasteiger partial charge in [-0.05, 0) is 25.0 Å². The second kappa shape index (κ2) is 5.77. The fourth-order valence-corrected chi connectivity index (χ4v) is 3.08. The zero-order valence-electron chi connectivity index (χ0n) is 12.1. The van der Waals surface area contributed by atoms with Crippen LogP contribution in [-0.2, 0) is 4.74 Å². The van der Waals surface area contributed by atoms with E-state index in [0.717, 1.165) is 22.9 Å². The zero-order chi connectivity index (χ0) is 14.8. The standard InChI is InChI=1S/C16H20N2O3/c1-2-21-16(20)18-8-7-12(15(19)10-18)13-9-17-14-6-4-3-5-11(13)14/h3-6,9,12,15,17,19H,2,7-8,10H2,1H3. The summed E-state index contributed by atoms with van der Waals surface area (Å²) in [5.41, 5.74) is 2.20. The SMILES string of the molecule is CCOC(=O)N1CCC(c2c[nH]c3ccccc23)C(O)C1. The van der Waals surface area contributed by atoms with Crippen molar-refractivity contribution in [3.8, 4) is 0 Å². The summed E-state index contributed by atoms with van der Waals surface area (Å²) in [6.45, 7) is 3.08. The molecule has 1 amide bonds. The van der Waals surface area contributed by atoms with Crippen LogP contribution in [0.3, 0.4) is 0 Å². The molecule has 21 heavy (non-hydrogen) atoms. The number of aliphatic hydroxyl groups excluding tert-OH is 1. The van der Waals surface area contributed by atoms with E-state index < -0.39 is 6.10 Å². The predicted molar refractivity (Wildman–Crippen MR) is 80.3 cm³/mol. The van der Waals surface area contributed by atoms with Crippen molar-refractivity contribution in [3.63, 3.8) is 0 Å². The molecule has 1 fully saturated rings. The Labute approximate surface area is 123 Å². The first kappa shape index (κ1) is 13.9. The largest absolute Gasteiger partial charge is 0.450 e. The maximum Gasteiger partial charge on any atom is 0.409 e. The minimum atomic E-state index is -0.567. The van der Waals surface area contributed by atoms with Crippen molar-refractivity contribution in [1.82, 2.24) is 9.88 Å². The lowest BCUT2D eigenvalue weighted by atomic mass is 9.87. The van der Waals surface area contributed by atoms with Gasteiger partial charge in [-0.15, -0.1) is 0 Å². The molecule has 2 unspecified atom stereocenters. The smallest absolute Gasteiger partial charge is 0.409 e. The minimum Gasteiger partial charge on any atom is -0.450 e. The zero-order valence-corrected chi connectivity index (χ0v) is 12.1. The predicted octanol–water partition coefficient (Wildman–Crippen LogP) is 2.47. The molecule has 1 saturated heterocycles. The van der Waals surface area contributed by atoms with Gasteiger partial charge in [0, 0.05) is 29.6 Å². The summed E-state index contributed by atoms with van der Waals surface area (Å²) in [5.74, 6) is 0.0480. The first-order valence-electron chi connectivity index (χ1n) is 7.36. The molecule has 1 aliphatic heterocycles. The van der Waals surface area contributed by atoms with Gasteiger partial charge in [0.25, 0.3) is 0 Å². The van der Waals surface area contributed by atoms with Gasteiger partial charge in [-0.1, -0.05) is 18.2 Å². The maximum absolute atomic E-state index is 11.7. The van der Waals surface area contributed by atoms with Gasteiger partial charge in [0.2, 0.25) is 0 Å². The molecule has 3 rings (SSSR count). The molecule has 5 nitrogen and oxygen atoms in total. The van der Waals surface area contributed by atoms with E-state index in [1.165, 1.54) is 0 Å². The number of likely N-dealkylation sites (tertiary alicyclic amines) is 1. The number of hydrogen-bond acceptors (Lipinski definition) is 3. The van der Waals surface area contributed by atoms with Gasteiger partial charge in [-0.25, -0.2) is 4.79 Å². The summed E-state index contributed by atoms with van der Waals surface area (Å²) in [6, 6.07) is 8.08. The first-order valence-corrected chi connectivity index (χ1v) is 7.36. The third kappa shape index (κ3) is 2.61. The highest BCUT2D eigenvalue weighted by atomic mass is 16.6. The Morgan fingerprint density at radius 2 is 2.29 bits per heavy atom. The molecule has 0 aliphatic carbocycles. The van der Waals surface area contributed by atoms with Crippen molar-refractivity contribution in [2.45, 2.75) is 25.4 Å². The Hall–Kier alpha value is -2.01. The van der Waals surface area contributed by atoms with Crippen LogP contribution < -0.4 is 0 Å². The molecule has 1 aliphatic rings. The van der Waals surface area contributed by atoms with Gasteiger partial charge >= 0.3 is 6.09 Å². The molecule has 2 aromatic rings. The lowest BCUT2D eigenvalue weighted by Gasteiger charge is -2.35. The van der Waals surface area contributed by atoms with Crippen molar-refractivity contribution >= 4 is 17.0 Å². The van der Waals surface area contributed by atoms with Crippen LogP contribution in [-0.4, -0.2) is 46.9 Å². The average molecular weight is 288 g/mol. The third-order valence-electron chi connectivity index (χ3n) is 4.13. The quantitative estimate of drug-likeness (QED) is 0.892. The van der Waals surface area contributed by atoms with Gasteiger partial charge in [-0.2, -0.15) is 0 Å². The summed E-state index contributed by atoms with van der Waals surface area (Å²) < 4.78 is 5.00. The van der Waals surface area contributed by atoms with E-state index in [1.54, 1.807) is 11.8 Å². The van der Waals surface area contributed by atoms with Crippen LogP contribution in [0.15, 0.2) is 30.5 Å². The number of carbonyl (C=O) groups is 1. The molecule has 1 aromatic heterocycles. The van der Waals surface area contributed by atoms with Crippen LogP contribution >= 0.6 is 0 Å². The molecular formula is C16H20N2O3. The highest BCUT2D eigenvalue weighted by molar-refractivity contribution is 5.83.